The van der Waals surface area contributed by atoms with Crippen LogP contribution in [0, 0.1) is 0 Å². The van der Waals surface area contributed by atoms with Crippen molar-refractivity contribution in [1.82, 2.24) is 0 Å². The van der Waals surface area contributed by atoms with E-state index in [4.69, 9.17) is 37.0 Å². The summed E-state index contributed by atoms with van der Waals surface area (Å²) in [6, 6.07) is 0. The topological polar surface area (TPSA) is 237 Å². The molecular weight excluding hydrogens is 1350 g/mol. The Balaban J connectivity index is 5.37. The summed E-state index contributed by atoms with van der Waals surface area (Å²) < 4.78 is 68.7. The number of hydrogen-bond acceptors (Lipinski definition) is 15. The summed E-state index contributed by atoms with van der Waals surface area (Å²) >= 11 is 0. The number of aliphatic hydroxyl groups is 1. The molecule has 0 aliphatic heterocycles. The fraction of sp³-hybridized carbons (Fsp3) is 0.835. The van der Waals surface area contributed by atoms with Gasteiger partial charge in [0.15, 0.2) is 12.2 Å². The van der Waals surface area contributed by atoms with Crippen LogP contribution in [0.15, 0.2) is 60.8 Å². The molecule has 0 aliphatic carbocycles. The molecule has 19 heteroatoms. The lowest BCUT2D eigenvalue weighted by Gasteiger charge is -2.21. The maximum Gasteiger partial charge on any atom is 0.472 e. The fourth-order valence-electron chi connectivity index (χ4n) is 12.0. The first-order chi connectivity index (χ1) is 50.7. The lowest BCUT2D eigenvalue weighted by molar-refractivity contribution is -0.161. The highest BCUT2D eigenvalue weighted by Gasteiger charge is 2.30. The van der Waals surface area contributed by atoms with Crippen molar-refractivity contribution in [3.63, 3.8) is 0 Å². The minimum atomic E-state index is -4.99. The van der Waals surface area contributed by atoms with E-state index in [1.54, 1.807) is 0 Å². The summed E-state index contributed by atoms with van der Waals surface area (Å²) in [4.78, 5) is 73.1. The van der Waals surface area contributed by atoms with E-state index in [0.717, 1.165) is 109 Å². The van der Waals surface area contributed by atoms with Gasteiger partial charge >= 0.3 is 39.5 Å². The number of hydrogen-bond donors (Lipinski definition) is 3. The van der Waals surface area contributed by atoms with Crippen molar-refractivity contribution >= 4 is 39.5 Å². The van der Waals surface area contributed by atoms with Gasteiger partial charge < -0.3 is 33.8 Å². The molecule has 0 rings (SSSR count). The van der Waals surface area contributed by atoms with E-state index in [2.05, 4.69) is 76.3 Å². The zero-order chi connectivity index (χ0) is 76.0. The molecule has 0 spiro atoms. The van der Waals surface area contributed by atoms with Crippen LogP contribution in [0.5, 0.6) is 0 Å². The Morgan fingerprint density at radius 1 is 0.269 bits per heavy atom. The Kier molecular flexibility index (Phi) is 75.5. The van der Waals surface area contributed by atoms with Crippen LogP contribution in [0.25, 0.3) is 0 Å². The number of carbonyl (C=O) groups is 4. The Morgan fingerprint density at radius 3 is 0.788 bits per heavy atom. The van der Waals surface area contributed by atoms with Gasteiger partial charge in [-0.05, 0) is 89.9 Å². The van der Waals surface area contributed by atoms with Gasteiger partial charge in [-0.1, -0.05) is 345 Å². The number of aliphatic hydroxyl groups excluding tert-OH is 1. The zero-order valence-corrected chi connectivity index (χ0v) is 68.5. The largest absolute Gasteiger partial charge is 0.472 e. The summed E-state index contributed by atoms with van der Waals surface area (Å²) in [5, 5.41) is 10.7. The fourth-order valence-corrected chi connectivity index (χ4v) is 13.6. The molecule has 5 atom stereocenters. The van der Waals surface area contributed by atoms with E-state index >= 15 is 0 Å². The minimum absolute atomic E-state index is 0.0246. The predicted octanol–water partition coefficient (Wildman–Crippen LogP) is 25.0. The lowest BCUT2D eigenvalue weighted by atomic mass is 10.0. The van der Waals surface area contributed by atoms with Gasteiger partial charge in [0.2, 0.25) is 0 Å². The molecule has 0 aromatic carbocycles. The summed E-state index contributed by atoms with van der Waals surface area (Å²) in [6.07, 6.45) is 79.1. The average molecular weight is 1510 g/mol. The third-order valence-electron chi connectivity index (χ3n) is 18.5. The van der Waals surface area contributed by atoms with Gasteiger partial charge in [-0.15, -0.1) is 0 Å². The van der Waals surface area contributed by atoms with Crippen molar-refractivity contribution in [2.45, 2.75) is 418 Å². The third-order valence-corrected chi connectivity index (χ3v) is 20.4. The molecule has 0 saturated heterocycles. The summed E-state index contributed by atoms with van der Waals surface area (Å²) in [5.74, 6) is -2.21. The van der Waals surface area contributed by atoms with Crippen molar-refractivity contribution in [3.05, 3.63) is 60.8 Å². The van der Waals surface area contributed by atoms with Crippen molar-refractivity contribution in [3.8, 4) is 0 Å². The molecule has 608 valence electrons. The van der Waals surface area contributed by atoms with E-state index < -0.39 is 97.5 Å². The number of phosphoric acid groups is 2. The molecule has 0 aromatic heterocycles. The van der Waals surface area contributed by atoms with Crippen LogP contribution in [0.1, 0.15) is 400 Å². The van der Waals surface area contributed by atoms with Gasteiger partial charge in [0, 0.05) is 25.7 Å². The van der Waals surface area contributed by atoms with Crippen LogP contribution < -0.4 is 0 Å². The maximum atomic E-state index is 13.1. The third kappa shape index (κ3) is 76.9. The van der Waals surface area contributed by atoms with Crippen molar-refractivity contribution < 1.29 is 80.2 Å². The second-order valence-corrected chi connectivity index (χ2v) is 31.7. The Hall–Kier alpha value is -3.24. The van der Waals surface area contributed by atoms with E-state index in [0.29, 0.717) is 32.1 Å². The Labute approximate surface area is 635 Å². The molecule has 0 heterocycles. The second-order valence-electron chi connectivity index (χ2n) is 28.8. The van der Waals surface area contributed by atoms with Gasteiger partial charge in [0.1, 0.15) is 19.3 Å². The van der Waals surface area contributed by atoms with E-state index in [1.807, 2.05) is 12.2 Å². The zero-order valence-electron chi connectivity index (χ0n) is 66.7. The lowest BCUT2D eigenvalue weighted by Crippen LogP contribution is -2.30. The predicted molar refractivity (Wildman–Crippen MR) is 427 cm³/mol. The van der Waals surface area contributed by atoms with Gasteiger partial charge in [-0.2, -0.15) is 0 Å². The van der Waals surface area contributed by atoms with Gasteiger partial charge in [0.05, 0.1) is 26.4 Å². The number of carbonyl (C=O) groups excluding carboxylic acids is 4. The molecule has 104 heavy (non-hydrogen) atoms. The van der Waals surface area contributed by atoms with E-state index in [-0.39, 0.29) is 25.7 Å². The minimum Gasteiger partial charge on any atom is -0.462 e. The van der Waals surface area contributed by atoms with Crippen LogP contribution >= 0.6 is 15.6 Å². The molecule has 0 radical (unpaired) electrons. The van der Waals surface area contributed by atoms with Gasteiger partial charge in [0.25, 0.3) is 0 Å². The molecule has 0 fully saturated rings. The number of allylic oxidation sites excluding steroid dienone is 10. The summed E-state index contributed by atoms with van der Waals surface area (Å²) in [5.41, 5.74) is 0. The molecular formula is C85H156O17P2. The first-order valence-corrected chi connectivity index (χ1v) is 45.5. The first-order valence-electron chi connectivity index (χ1n) is 42.5. The van der Waals surface area contributed by atoms with Crippen LogP contribution in [0.4, 0.5) is 0 Å². The van der Waals surface area contributed by atoms with E-state index in [1.165, 1.54) is 205 Å². The second kappa shape index (κ2) is 77.9. The molecule has 0 aromatic rings. The number of phosphoric ester groups is 2. The van der Waals surface area contributed by atoms with Gasteiger partial charge in [-0.25, -0.2) is 9.13 Å². The normalized spacial score (nSPS) is 14.1. The maximum absolute atomic E-state index is 13.1. The standard InChI is InChI=1S/C85H156O17P2/c1-5-9-13-17-21-25-29-33-37-39-43-46-50-54-58-62-66-70-83(88)96-76-81(102-85(90)72-68-64-60-56-52-48-44-40-38-34-30-26-22-18-14-10-6-2)78-100-104(93,94)98-74-79(86)73-97-103(91,92)99-77-80(101-84(89)71-67-63-59-55-51-47-42-36-32-28-24-20-16-12-8-4)75-95-82(87)69-65-61-57-53-49-45-41-35-31-27-23-19-15-11-7-3/h22,26,34-35,38,41,44,48,56,60,79-81,86H,5-21,23-25,27-33,36-37,39-40,42-43,45-47,49-55,57-59,61-78H2,1-4H3,(H,91,92)(H,93,94)/b26-22-,38-34-,41-35-,48-44-,60-56-/t79-,80-,81-/m1/s1. The van der Waals surface area contributed by atoms with E-state index in [9.17, 15) is 43.2 Å². The van der Waals surface area contributed by atoms with Gasteiger partial charge in [-0.3, -0.25) is 37.3 Å². The number of esters is 4. The molecule has 0 aliphatic rings. The Bertz CT molecular complexity index is 2200. The number of rotatable bonds is 81. The van der Waals surface area contributed by atoms with Crippen LogP contribution in [0.3, 0.4) is 0 Å². The number of unbranched alkanes of at least 4 members (excludes halogenated alkanes) is 45. The quantitative estimate of drug-likeness (QED) is 0.0169. The molecule has 0 bridgehead atoms. The van der Waals surface area contributed by atoms with Crippen LogP contribution in [0.2, 0.25) is 0 Å². The molecule has 0 amide bonds. The summed E-state index contributed by atoms with van der Waals surface area (Å²) in [7, 11) is -9.96. The highest BCUT2D eigenvalue weighted by atomic mass is 31.2. The number of ether oxygens (including phenoxy) is 4. The summed E-state index contributed by atoms with van der Waals surface area (Å²) in [6.45, 7) is 4.88. The van der Waals surface area contributed by atoms with Crippen LogP contribution in [-0.4, -0.2) is 96.7 Å². The van der Waals surface area contributed by atoms with Crippen LogP contribution in [-0.2, 0) is 65.4 Å². The molecule has 2 unspecified atom stereocenters. The SMILES string of the molecule is CCCCC/C=C\C/C=C\C/C=C\C/C=C\CCCC(=O)O[C@H](COC(=O)CCCCCCCCCCCCCCCCCCC)COP(=O)(O)OC[C@H](O)COP(=O)(O)OC[C@@H](COC(=O)CCCCCCC/C=C\CCCCCCCC)OC(=O)CCCCCCCCCCCCCCCCC. The van der Waals surface area contributed by atoms with Crippen molar-refractivity contribution in [1.29, 1.82) is 0 Å². The molecule has 0 saturated carbocycles. The van der Waals surface area contributed by atoms with Crippen molar-refractivity contribution in [2.24, 2.45) is 0 Å². The molecule has 17 nitrogen and oxygen atoms in total. The molecule has 3 N–H and O–H groups in total. The highest BCUT2D eigenvalue weighted by Crippen LogP contribution is 2.45. The Morgan fingerprint density at radius 2 is 0.481 bits per heavy atom. The monoisotopic (exact) mass is 1510 g/mol. The van der Waals surface area contributed by atoms with Crippen molar-refractivity contribution in [2.75, 3.05) is 39.6 Å². The highest BCUT2D eigenvalue weighted by molar-refractivity contribution is 7.47. The smallest absolute Gasteiger partial charge is 0.462 e. The first kappa shape index (κ1) is 101. The average Bonchev–Trinajstić information content (AvgIpc) is 1.04.